The van der Waals surface area contributed by atoms with Gasteiger partial charge >= 0.3 is 0 Å². The topological polar surface area (TPSA) is 67.8 Å². The number of carbonyl (C=O) groups is 1. The number of rotatable bonds is 6. The first-order chi connectivity index (χ1) is 17.5. The number of thiophene rings is 1. The highest BCUT2D eigenvalue weighted by Gasteiger charge is 2.29. The quantitative estimate of drug-likeness (QED) is 0.412. The Morgan fingerprint density at radius 1 is 1.06 bits per heavy atom. The van der Waals surface area contributed by atoms with Gasteiger partial charge in [0.05, 0.1) is 25.2 Å². The van der Waals surface area contributed by atoms with Crippen LogP contribution in [0.5, 0.6) is 11.5 Å². The van der Waals surface area contributed by atoms with Crippen LogP contribution < -0.4 is 14.4 Å². The molecule has 2 aromatic heterocycles. The van der Waals surface area contributed by atoms with Crippen molar-refractivity contribution in [1.29, 1.82) is 0 Å². The molecule has 2 aliphatic rings. The Morgan fingerprint density at radius 2 is 1.83 bits per heavy atom. The lowest BCUT2D eigenvalue weighted by molar-refractivity contribution is 0.0743. The maximum absolute atomic E-state index is 13.4. The van der Waals surface area contributed by atoms with E-state index in [-0.39, 0.29) is 5.91 Å². The lowest BCUT2D eigenvalue weighted by Crippen LogP contribution is -2.49. The standard InChI is InChI=1S/C28H36N4O3S/c1-5-18(2)25-29-26(24-21-9-7-6-8-10-23(21)36-27(24)30-25)31-13-15-32(16-14-31)28(33)20-12-11-19(34-3)17-22(20)35-4/h11-12,17-18H,5-10,13-16H2,1-4H3. The predicted octanol–water partition coefficient (Wildman–Crippen LogP) is 5.45. The van der Waals surface area contributed by atoms with Crippen molar-refractivity contribution in [3.63, 3.8) is 0 Å². The van der Waals surface area contributed by atoms with Gasteiger partial charge in [0.25, 0.3) is 5.91 Å². The average Bonchev–Trinajstić information content (AvgIpc) is 3.11. The number of aromatic nitrogens is 2. The molecule has 0 bridgehead atoms. The number of hydrogen-bond donors (Lipinski definition) is 0. The molecule has 1 atom stereocenters. The van der Waals surface area contributed by atoms with Gasteiger partial charge in [-0.3, -0.25) is 4.79 Å². The molecule has 3 aromatic rings. The number of hydrogen-bond acceptors (Lipinski definition) is 7. The van der Waals surface area contributed by atoms with E-state index in [1.165, 1.54) is 35.1 Å². The first kappa shape index (κ1) is 24.8. The third-order valence-electron chi connectivity index (χ3n) is 7.62. The second-order valence-electron chi connectivity index (χ2n) is 9.80. The number of amides is 1. The van der Waals surface area contributed by atoms with Crippen LogP contribution in [-0.4, -0.2) is 61.2 Å². The molecule has 0 N–H and O–H groups in total. The zero-order valence-corrected chi connectivity index (χ0v) is 22.6. The molecule has 8 heteroatoms. The number of nitrogens with zero attached hydrogens (tertiary/aromatic N) is 4. The fourth-order valence-corrected chi connectivity index (χ4v) is 6.49. The lowest BCUT2D eigenvalue weighted by Gasteiger charge is -2.36. The smallest absolute Gasteiger partial charge is 0.257 e. The predicted molar refractivity (Wildman–Crippen MR) is 145 cm³/mol. The molecule has 1 unspecified atom stereocenters. The van der Waals surface area contributed by atoms with Gasteiger partial charge in [0, 0.05) is 43.0 Å². The Hall–Kier alpha value is -2.87. The lowest BCUT2D eigenvalue weighted by atomic mass is 10.1. The Labute approximate surface area is 217 Å². The van der Waals surface area contributed by atoms with E-state index in [9.17, 15) is 4.79 Å². The summed E-state index contributed by atoms with van der Waals surface area (Å²) in [6.45, 7) is 7.19. The molecule has 0 saturated carbocycles. The third-order valence-corrected chi connectivity index (χ3v) is 8.81. The van der Waals surface area contributed by atoms with Crippen molar-refractivity contribution in [3.8, 4) is 11.5 Å². The van der Waals surface area contributed by atoms with Crippen molar-refractivity contribution in [2.24, 2.45) is 0 Å². The summed E-state index contributed by atoms with van der Waals surface area (Å²) in [6, 6.07) is 5.36. The zero-order chi connectivity index (χ0) is 25.2. The minimum Gasteiger partial charge on any atom is -0.497 e. The molecule has 1 aliphatic heterocycles. The van der Waals surface area contributed by atoms with Crippen molar-refractivity contribution in [1.82, 2.24) is 14.9 Å². The monoisotopic (exact) mass is 508 g/mol. The van der Waals surface area contributed by atoms with E-state index in [2.05, 4.69) is 18.7 Å². The van der Waals surface area contributed by atoms with Crippen molar-refractivity contribution >= 4 is 33.3 Å². The van der Waals surface area contributed by atoms with E-state index >= 15 is 0 Å². The normalized spacial score (nSPS) is 17.0. The molecule has 1 aromatic carbocycles. The summed E-state index contributed by atoms with van der Waals surface area (Å²) in [5, 5.41) is 1.26. The molecule has 5 rings (SSSR count). The van der Waals surface area contributed by atoms with Gasteiger partial charge in [-0.2, -0.15) is 0 Å². The number of ether oxygens (including phenoxy) is 2. The number of fused-ring (bicyclic) bond motifs is 3. The molecule has 7 nitrogen and oxygen atoms in total. The summed E-state index contributed by atoms with van der Waals surface area (Å²) in [5.41, 5.74) is 2.04. The van der Waals surface area contributed by atoms with Crippen molar-refractivity contribution in [2.75, 3.05) is 45.3 Å². The second-order valence-corrected chi connectivity index (χ2v) is 10.9. The fraction of sp³-hybridized carbons (Fsp3) is 0.536. The van der Waals surface area contributed by atoms with Crippen LogP contribution >= 0.6 is 11.3 Å². The minimum absolute atomic E-state index is 0.00770. The highest BCUT2D eigenvalue weighted by atomic mass is 32.1. The van der Waals surface area contributed by atoms with E-state index < -0.39 is 0 Å². The van der Waals surface area contributed by atoms with Gasteiger partial charge in [0.1, 0.15) is 28.0 Å². The number of anilines is 1. The fourth-order valence-electron chi connectivity index (χ4n) is 5.23. The van der Waals surface area contributed by atoms with Crippen LogP contribution in [-0.2, 0) is 12.8 Å². The van der Waals surface area contributed by atoms with Crippen molar-refractivity contribution < 1.29 is 14.3 Å². The van der Waals surface area contributed by atoms with Gasteiger partial charge in [0.15, 0.2) is 0 Å². The molecule has 1 amide bonds. The van der Waals surface area contributed by atoms with E-state index in [1.807, 2.05) is 22.3 Å². The number of benzene rings is 1. The SMILES string of the molecule is CCC(C)c1nc(N2CCN(C(=O)c3ccc(OC)cc3OC)CC2)c2c3c(sc2n1)CCCCC3. The molecule has 0 radical (unpaired) electrons. The van der Waals surface area contributed by atoms with E-state index in [1.54, 1.807) is 26.4 Å². The summed E-state index contributed by atoms with van der Waals surface area (Å²) < 4.78 is 10.8. The number of piperazine rings is 1. The minimum atomic E-state index is -0.00770. The van der Waals surface area contributed by atoms with Gasteiger partial charge < -0.3 is 19.3 Å². The van der Waals surface area contributed by atoms with Crippen molar-refractivity contribution in [3.05, 3.63) is 40.0 Å². The van der Waals surface area contributed by atoms with Gasteiger partial charge in [-0.05, 0) is 49.8 Å². The van der Waals surface area contributed by atoms with Crippen molar-refractivity contribution in [2.45, 2.75) is 58.3 Å². The van der Waals surface area contributed by atoms with Gasteiger partial charge in [-0.25, -0.2) is 9.97 Å². The molecule has 192 valence electrons. The van der Waals surface area contributed by atoms with E-state index in [0.717, 1.165) is 48.8 Å². The molecule has 1 fully saturated rings. The Bertz CT molecular complexity index is 1250. The average molecular weight is 509 g/mol. The largest absolute Gasteiger partial charge is 0.497 e. The molecule has 1 aliphatic carbocycles. The summed E-state index contributed by atoms with van der Waals surface area (Å²) in [6.07, 6.45) is 7.07. The Kier molecular flexibility index (Phi) is 7.32. The van der Waals surface area contributed by atoms with Gasteiger partial charge in [0.2, 0.25) is 0 Å². The maximum atomic E-state index is 13.4. The summed E-state index contributed by atoms with van der Waals surface area (Å²) in [7, 11) is 3.20. The summed E-state index contributed by atoms with van der Waals surface area (Å²) in [4.78, 5) is 30.5. The van der Waals surface area contributed by atoms with Crippen LogP contribution in [0.1, 0.15) is 72.1 Å². The van der Waals surface area contributed by atoms with Crippen LogP contribution in [0, 0.1) is 0 Å². The molecule has 36 heavy (non-hydrogen) atoms. The number of carbonyl (C=O) groups excluding carboxylic acids is 1. The van der Waals surface area contributed by atoms with E-state index in [4.69, 9.17) is 19.4 Å². The Balaban J connectivity index is 1.43. The third kappa shape index (κ3) is 4.63. The molecule has 0 spiro atoms. The highest BCUT2D eigenvalue weighted by Crippen LogP contribution is 2.40. The first-order valence-electron chi connectivity index (χ1n) is 13.1. The number of aryl methyl sites for hydroxylation is 2. The van der Waals surface area contributed by atoms with Crippen LogP contribution in [0.15, 0.2) is 18.2 Å². The molecular weight excluding hydrogens is 472 g/mol. The first-order valence-corrected chi connectivity index (χ1v) is 13.9. The number of methoxy groups -OCH3 is 2. The van der Waals surface area contributed by atoms with E-state index in [0.29, 0.717) is 36.1 Å². The Morgan fingerprint density at radius 3 is 2.56 bits per heavy atom. The second kappa shape index (κ2) is 10.6. The van der Waals surface area contributed by atoms with Gasteiger partial charge in [-0.15, -0.1) is 11.3 Å². The van der Waals surface area contributed by atoms with Crippen LogP contribution in [0.4, 0.5) is 5.82 Å². The van der Waals surface area contributed by atoms with Gasteiger partial charge in [-0.1, -0.05) is 20.3 Å². The van der Waals surface area contributed by atoms with Crippen LogP contribution in [0.3, 0.4) is 0 Å². The molecular formula is C28H36N4O3S. The molecule has 1 saturated heterocycles. The molecule has 3 heterocycles. The summed E-state index contributed by atoms with van der Waals surface area (Å²) in [5.74, 6) is 3.54. The van der Waals surface area contributed by atoms with Crippen LogP contribution in [0.2, 0.25) is 0 Å². The summed E-state index contributed by atoms with van der Waals surface area (Å²) >= 11 is 1.88. The maximum Gasteiger partial charge on any atom is 0.257 e. The van der Waals surface area contributed by atoms with Crippen LogP contribution in [0.25, 0.3) is 10.2 Å². The highest BCUT2D eigenvalue weighted by molar-refractivity contribution is 7.19. The zero-order valence-electron chi connectivity index (χ0n) is 21.8.